The van der Waals surface area contributed by atoms with Crippen LogP contribution in [0, 0.1) is 13.8 Å². The quantitative estimate of drug-likeness (QED) is 0.571. The highest BCUT2D eigenvalue weighted by molar-refractivity contribution is 7.99. The number of carbonyl (C=O) groups excluding carboxylic acids is 1. The molecular weight excluding hydrogens is 372 g/mol. The van der Waals surface area contributed by atoms with Gasteiger partial charge in [-0.25, -0.2) is 0 Å². The predicted octanol–water partition coefficient (Wildman–Crippen LogP) is 3.64. The maximum absolute atomic E-state index is 12.6. The molecule has 1 heterocycles. The minimum absolute atomic E-state index is 0.0306. The van der Waals surface area contributed by atoms with Crippen LogP contribution in [0.25, 0.3) is 5.69 Å². The number of nitrogens with zero attached hydrogens (tertiary/aromatic N) is 4. The lowest BCUT2D eigenvalue weighted by Gasteiger charge is -2.17. The summed E-state index contributed by atoms with van der Waals surface area (Å²) in [5, 5.41) is 8.91. The summed E-state index contributed by atoms with van der Waals surface area (Å²) in [6.07, 6.45) is 1.68. The third-order valence-electron chi connectivity index (χ3n) is 4.43. The van der Waals surface area contributed by atoms with Crippen LogP contribution in [0.1, 0.15) is 16.7 Å². The molecule has 0 bridgehead atoms. The van der Waals surface area contributed by atoms with E-state index < -0.39 is 0 Å². The molecule has 0 N–H and O–H groups in total. The molecule has 3 aromatic rings. The standard InChI is InChI=1S/C21H24N4O2S/c1-15-8-9-19(16(2)10-15)25-14-22-23-21(25)28-13-20(26)24(3)12-17-6-5-7-18(11-17)27-4/h5-11,14H,12-13H2,1-4H3. The van der Waals surface area contributed by atoms with E-state index in [1.54, 1.807) is 25.4 Å². The number of hydrogen-bond donors (Lipinski definition) is 0. The molecule has 28 heavy (non-hydrogen) atoms. The Bertz CT molecular complexity index is 971. The van der Waals surface area contributed by atoms with Crippen molar-refractivity contribution in [2.75, 3.05) is 19.9 Å². The third-order valence-corrected chi connectivity index (χ3v) is 5.36. The average Bonchev–Trinajstić information content (AvgIpc) is 3.14. The molecule has 0 atom stereocenters. The Morgan fingerprint density at radius 3 is 2.79 bits per heavy atom. The van der Waals surface area contributed by atoms with Crippen molar-refractivity contribution < 1.29 is 9.53 Å². The molecule has 0 spiro atoms. The number of rotatable bonds is 7. The number of amides is 1. The summed E-state index contributed by atoms with van der Waals surface area (Å²) in [5.74, 6) is 1.11. The van der Waals surface area contributed by atoms with Gasteiger partial charge in [-0.05, 0) is 43.2 Å². The van der Waals surface area contributed by atoms with Crippen molar-refractivity contribution in [1.29, 1.82) is 0 Å². The maximum Gasteiger partial charge on any atom is 0.233 e. The molecule has 146 valence electrons. The van der Waals surface area contributed by atoms with E-state index in [2.05, 4.69) is 42.2 Å². The smallest absolute Gasteiger partial charge is 0.233 e. The second-order valence-electron chi connectivity index (χ2n) is 6.66. The minimum Gasteiger partial charge on any atom is -0.497 e. The number of ether oxygens (including phenoxy) is 1. The number of aryl methyl sites for hydroxylation is 2. The Labute approximate surface area is 169 Å². The molecule has 1 amide bonds. The van der Waals surface area contributed by atoms with E-state index in [1.165, 1.54) is 17.3 Å². The Hall–Kier alpha value is -2.80. The first-order chi connectivity index (χ1) is 13.5. The molecule has 0 fully saturated rings. The summed E-state index contributed by atoms with van der Waals surface area (Å²) < 4.78 is 7.17. The fourth-order valence-electron chi connectivity index (χ4n) is 2.93. The SMILES string of the molecule is COc1cccc(CN(C)C(=O)CSc2nncn2-c2ccc(C)cc2C)c1. The number of carbonyl (C=O) groups is 1. The molecule has 6 nitrogen and oxygen atoms in total. The summed E-state index contributed by atoms with van der Waals surface area (Å²) in [5.41, 5.74) is 4.40. The molecular formula is C21H24N4O2S. The number of methoxy groups -OCH3 is 1. The van der Waals surface area contributed by atoms with Gasteiger partial charge in [0.25, 0.3) is 0 Å². The second kappa shape index (κ2) is 8.93. The number of benzene rings is 2. The summed E-state index contributed by atoms with van der Waals surface area (Å²) in [4.78, 5) is 14.3. The van der Waals surface area contributed by atoms with Crippen LogP contribution in [0.4, 0.5) is 0 Å². The highest BCUT2D eigenvalue weighted by Crippen LogP contribution is 2.23. The molecule has 0 aliphatic heterocycles. The van der Waals surface area contributed by atoms with E-state index in [9.17, 15) is 4.79 Å². The number of aromatic nitrogens is 3. The van der Waals surface area contributed by atoms with E-state index in [-0.39, 0.29) is 5.91 Å². The van der Waals surface area contributed by atoms with E-state index >= 15 is 0 Å². The zero-order valence-corrected chi connectivity index (χ0v) is 17.4. The van der Waals surface area contributed by atoms with E-state index in [0.29, 0.717) is 17.5 Å². The van der Waals surface area contributed by atoms with Gasteiger partial charge in [-0.15, -0.1) is 10.2 Å². The highest BCUT2D eigenvalue weighted by Gasteiger charge is 2.14. The lowest BCUT2D eigenvalue weighted by molar-refractivity contribution is -0.127. The first-order valence-electron chi connectivity index (χ1n) is 8.95. The lowest BCUT2D eigenvalue weighted by Crippen LogP contribution is -2.27. The first kappa shape index (κ1) is 19.9. The van der Waals surface area contributed by atoms with Crippen LogP contribution in [-0.2, 0) is 11.3 Å². The van der Waals surface area contributed by atoms with Gasteiger partial charge < -0.3 is 9.64 Å². The van der Waals surface area contributed by atoms with Gasteiger partial charge in [0.1, 0.15) is 12.1 Å². The van der Waals surface area contributed by atoms with E-state index in [0.717, 1.165) is 22.6 Å². The molecule has 0 aliphatic carbocycles. The fraction of sp³-hybridized carbons (Fsp3) is 0.286. The maximum atomic E-state index is 12.6. The number of hydrogen-bond acceptors (Lipinski definition) is 5. The summed E-state index contributed by atoms with van der Waals surface area (Å²) in [6.45, 7) is 4.65. The van der Waals surface area contributed by atoms with Crippen molar-refractivity contribution in [3.63, 3.8) is 0 Å². The normalized spacial score (nSPS) is 10.7. The second-order valence-corrected chi connectivity index (χ2v) is 7.61. The fourth-order valence-corrected chi connectivity index (χ4v) is 3.80. The van der Waals surface area contributed by atoms with E-state index in [4.69, 9.17) is 4.74 Å². The molecule has 7 heteroatoms. The van der Waals surface area contributed by atoms with Crippen LogP contribution in [-0.4, -0.2) is 45.5 Å². The molecule has 0 radical (unpaired) electrons. The van der Waals surface area contributed by atoms with Crippen molar-refractivity contribution in [1.82, 2.24) is 19.7 Å². The molecule has 0 unspecified atom stereocenters. The summed E-state index contributed by atoms with van der Waals surface area (Å²) in [6, 6.07) is 14.0. The Balaban J connectivity index is 1.64. The molecule has 2 aromatic carbocycles. The summed E-state index contributed by atoms with van der Waals surface area (Å²) in [7, 11) is 3.44. The molecule has 0 saturated heterocycles. The van der Waals surface area contributed by atoms with Crippen LogP contribution in [0.3, 0.4) is 0 Å². The van der Waals surface area contributed by atoms with Gasteiger partial charge in [0, 0.05) is 13.6 Å². The van der Waals surface area contributed by atoms with E-state index in [1.807, 2.05) is 28.8 Å². The van der Waals surface area contributed by atoms with Gasteiger partial charge in [-0.3, -0.25) is 9.36 Å². The van der Waals surface area contributed by atoms with Gasteiger partial charge in [0.05, 0.1) is 18.6 Å². The van der Waals surface area contributed by atoms with Gasteiger partial charge in [-0.1, -0.05) is 41.6 Å². The van der Waals surface area contributed by atoms with Crippen LogP contribution in [0.5, 0.6) is 5.75 Å². The third kappa shape index (κ3) is 4.72. The first-order valence-corrected chi connectivity index (χ1v) is 9.94. The van der Waals surface area contributed by atoms with Crippen molar-refractivity contribution in [3.8, 4) is 11.4 Å². The van der Waals surface area contributed by atoms with Crippen LogP contribution < -0.4 is 4.74 Å². The summed E-state index contributed by atoms with van der Waals surface area (Å²) >= 11 is 1.39. The lowest BCUT2D eigenvalue weighted by atomic mass is 10.1. The van der Waals surface area contributed by atoms with Gasteiger partial charge in [0.15, 0.2) is 5.16 Å². The highest BCUT2D eigenvalue weighted by atomic mass is 32.2. The molecule has 0 aliphatic rings. The zero-order valence-electron chi connectivity index (χ0n) is 16.5. The average molecular weight is 397 g/mol. The molecule has 0 saturated carbocycles. The monoisotopic (exact) mass is 396 g/mol. The van der Waals surface area contributed by atoms with Crippen molar-refractivity contribution in [2.24, 2.45) is 0 Å². The van der Waals surface area contributed by atoms with Crippen molar-refractivity contribution in [3.05, 3.63) is 65.5 Å². The van der Waals surface area contributed by atoms with Crippen LogP contribution in [0.15, 0.2) is 53.9 Å². The molecule has 1 aromatic heterocycles. The largest absolute Gasteiger partial charge is 0.497 e. The van der Waals surface area contributed by atoms with Gasteiger partial charge in [-0.2, -0.15) is 0 Å². The van der Waals surface area contributed by atoms with Crippen LogP contribution in [0.2, 0.25) is 0 Å². The van der Waals surface area contributed by atoms with Gasteiger partial charge in [0.2, 0.25) is 5.91 Å². The Morgan fingerprint density at radius 2 is 2.04 bits per heavy atom. The van der Waals surface area contributed by atoms with Gasteiger partial charge >= 0.3 is 0 Å². The topological polar surface area (TPSA) is 60.2 Å². The molecule has 3 rings (SSSR count). The zero-order chi connectivity index (χ0) is 20.1. The van der Waals surface area contributed by atoms with Crippen LogP contribution >= 0.6 is 11.8 Å². The van der Waals surface area contributed by atoms with Crippen molar-refractivity contribution >= 4 is 17.7 Å². The Morgan fingerprint density at radius 1 is 1.21 bits per heavy atom. The minimum atomic E-state index is 0.0306. The number of thioether (sulfide) groups is 1. The predicted molar refractivity (Wildman–Crippen MR) is 111 cm³/mol. The Kier molecular flexibility index (Phi) is 6.36. The van der Waals surface area contributed by atoms with Crippen molar-refractivity contribution in [2.45, 2.75) is 25.5 Å².